The molecule has 0 aromatic heterocycles. The van der Waals surface area contributed by atoms with Crippen molar-refractivity contribution in [3.63, 3.8) is 0 Å². The van der Waals surface area contributed by atoms with Crippen molar-refractivity contribution in [2.24, 2.45) is 5.92 Å². The molecule has 0 atom stereocenters. The number of hydrogen-bond donors (Lipinski definition) is 0. The van der Waals surface area contributed by atoms with E-state index in [-0.39, 0.29) is 36.0 Å². The van der Waals surface area contributed by atoms with Crippen LogP contribution < -0.4 is 24.0 Å². The molecule has 3 rings (SSSR count). The number of hydrogen-bond acceptors (Lipinski definition) is 2. The second-order valence-electron chi connectivity index (χ2n) is 10.2. The van der Waals surface area contributed by atoms with Gasteiger partial charge in [-0.25, -0.2) is 4.79 Å². The lowest BCUT2D eigenvalue weighted by molar-refractivity contribution is -0.908. The topological polar surface area (TPSA) is 26.3 Å². The quantitative estimate of drug-likeness (QED) is 0.325. The van der Waals surface area contributed by atoms with E-state index >= 15 is 0 Å². The smallest absolute Gasteiger partial charge is 0.362 e. The minimum Gasteiger partial charge on any atom is -1.00 e. The second kappa shape index (κ2) is 14.5. The second-order valence-corrected chi connectivity index (χ2v) is 10.2. The van der Waals surface area contributed by atoms with E-state index in [9.17, 15) is 4.79 Å². The SMILES string of the molecule is C[N+]1(CC(=O)OC2CCCCCCCCCCC2)CCC(Cc2ccccc2)CC1.[I-]. The van der Waals surface area contributed by atoms with E-state index in [4.69, 9.17) is 4.74 Å². The molecule has 0 unspecified atom stereocenters. The van der Waals surface area contributed by atoms with Gasteiger partial charge in [-0.2, -0.15) is 0 Å². The average molecular weight is 542 g/mol. The van der Waals surface area contributed by atoms with E-state index in [1.807, 2.05) is 0 Å². The van der Waals surface area contributed by atoms with Crippen LogP contribution in [0.3, 0.4) is 0 Å². The molecule has 0 amide bonds. The van der Waals surface area contributed by atoms with Crippen molar-refractivity contribution in [1.29, 1.82) is 0 Å². The molecule has 2 aliphatic rings. The highest BCUT2D eigenvalue weighted by Crippen LogP contribution is 2.26. The van der Waals surface area contributed by atoms with Crippen molar-refractivity contribution in [2.75, 3.05) is 26.7 Å². The number of carbonyl (C=O) groups is 1. The summed E-state index contributed by atoms with van der Waals surface area (Å²) in [7, 11) is 2.25. The first-order valence-corrected chi connectivity index (χ1v) is 12.7. The zero-order chi connectivity index (χ0) is 21.1. The number of nitrogens with zero attached hydrogens (tertiary/aromatic N) is 1. The molecule has 0 N–H and O–H groups in total. The molecule has 1 saturated carbocycles. The van der Waals surface area contributed by atoms with Gasteiger partial charge in [0.1, 0.15) is 6.10 Å². The van der Waals surface area contributed by atoms with E-state index < -0.39 is 0 Å². The number of esters is 1. The lowest BCUT2D eigenvalue weighted by Crippen LogP contribution is -3.00. The average Bonchev–Trinajstić information content (AvgIpc) is 2.72. The lowest BCUT2D eigenvalue weighted by Gasteiger charge is -2.40. The van der Waals surface area contributed by atoms with Crippen LogP contribution in [-0.4, -0.2) is 43.2 Å². The Balaban J connectivity index is 0.00000341. The van der Waals surface area contributed by atoms with Gasteiger partial charge in [0.05, 0.1) is 20.1 Å². The molecule has 1 aliphatic heterocycles. The van der Waals surface area contributed by atoms with Gasteiger partial charge < -0.3 is 33.2 Å². The molecule has 0 radical (unpaired) electrons. The van der Waals surface area contributed by atoms with Gasteiger partial charge in [-0.3, -0.25) is 0 Å². The summed E-state index contributed by atoms with van der Waals surface area (Å²) in [5.41, 5.74) is 1.44. The number of quaternary nitrogens is 1. The number of likely N-dealkylation sites (N-methyl/N-ethyl adjacent to an activating group) is 1. The first-order valence-electron chi connectivity index (χ1n) is 12.7. The Morgan fingerprint density at radius 3 is 1.90 bits per heavy atom. The van der Waals surface area contributed by atoms with Gasteiger partial charge in [-0.15, -0.1) is 0 Å². The van der Waals surface area contributed by atoms with Gasteiger partial charge in [0, 0.05) is 0 Å². The van der Waals surface area contributed by atoms with Crippen LogP contribution in [0, 0.1) is 5.92 Å². The third-order valence-corrected chi connectivity index (χ3v) is 7.38. The van der Waals surface area contributed by atoms with Gasteiger partial charge in [0.15, 0.2) is 6.54 Å². The van der Waals surface area contributed by atoms with E-state index in [1.165, 1.54) is 82.6 Å². The standard InChI is InChI=1S/C27H44NO2.HI/c1-28(20-18-25(19-21-28)22-24-14-10-9-11-15-24)23-27(29)30-26-16-12-7-5-3-2-4-6-8-13-17-26;/h9-11,14-15,25-26H,2-8,12-13,16-23H2,1H3;1H/q+1;/p-1. The number of carbonyl (C=O) groups excluding carboxylic acids is 1. The molecule has 31 heavy (non-hydrogen) atoms. The number of rotatable bonds is 5. The summed E-state index contributed by atoms with van der Waals surface area (Å²) in [6.07, 6.45) is 17.8. The molecule has 1 saturated heterocycles. The summed E-state index contributed by atoms with van der Waals surface area (Å²) >= 11 is 0. The molecule has 3 nitrogen and oxygen atoms in total. The van der Waals surface area contributed by atoms with Gasteiger partial charge in [-0.1, -0.05) is 75.3 Å². The number of likely N-dealkylation sites (tertiary alicyclic amines) is 1. The fourth-order valence-electron chi connectivity index (χ4n) is 5.33. The summed E-state index contributed by atoms with van der Waals surface area (Å²) in [5, 5.41) is 0. The molecule has 1 heterocycles. The van der Waals surface area contributed by atoms with Gasteiger partial charge >= 0.3 is 5.97 Å². The Morgan fingerprint density at radius 2 is 1.35 bits per heavy atom. The van der Waals surface area contributed by atoms with Crippen LogP contribution >= 0.6 is 0 Å². The highest BCUT2D eigenvalue weighted by Gasteiger charge is 2.33. The van der Waals surface area contributed by atoms with Gasteiger partial charge in [0.25, 0.3) is 0 Å². The summed E-state index contributed by atoms with van der Waals surface area (Å²) in [6.45, 7) is 2.74. The summed E-state index contributed by atoms with van der Waals surface area (Å²) in [5.74, 6) is 0.789. The van der Waals surface area contributed by atoms with Crippen molar-refractivity contribution in [3.8, 4) is 0 Å². The van der Waals surface area contributed by atoms with E-state index in [0.717, 1.165) is 36.3 Å². The Labute approximate surface area is 207 Å². The molecule has 1 aromatic carbocycles. The molecular weight excluding hydrogens is 497 g/mol. The number of halogens is 1. The monoisotopic (exact) mass is 541 g/mol. The van der Waals surface area contributed by atoms with Crippen molar-refractivity contribution < 1.29 is 38.0 Å². The highest BCUT2D eigenvalue weighted by molar-refractivity contribution is 5.70. The maximum Gasteiger partial charge on any atom is 0.362 e. The molecule has 4 heteroatoms. The highest BCUT2D eigenvalue weighted by atomic mass is 127. The minimum absolute atomic E-state index is 0. The lowest BCUT2D eigenvalue weighted by atomic mass is 9.89. The fourth-order valence-corrected chi connectivity index (χ4v) is 5.33. The normalized spacial score (nSPS) is 26.7. The zero-order valence-corrected chi connectivity index (χ0v) is 21.9. The van der Waals surface area contributed by atoms with Crippen LogP contribution in [-0.2, 0) is 16.0 Å². The van der Waals surface area contributed by atoms with Crippen LogP contribution in [0.5, 0.6) is 0 Å². The Kier molecular flexibility index (Phi) is 12.5. The first-order chi connectivity index (χ1) is 14.6. The zero-order valence-electron chi connectivity index (χ0n) is 19.7. The molecule has 1 aliphatic carbocycles. The Bertz CT molecular complexity index is 601. The Morgan fingerprint density at radius 1 is 0.839 bits per heavy atom. The summed E-state index contributed by atoms with van der Waals surface area (Å²) in [6, 6.07) is 10.8. The van der Waals surface area contributed by atoms with Crippen molar-refractivity contribution >= 4 is 5.97 Å². The van der Waals surface area contributed by atoms with Crippen LogP contribution in [0.1, 0.15) is 89.0 Å². The first kappa shape index (κ1) is 26.6. The van der Waals surface area contributed by atoms with Crippen LogP contribution in [0.15, 0.2) is 30.3 Å². The Hall–Kier alpha value is -0.620. The minimum atomic E-state index is 0. The van der Waals surface area contributed by atoms with Crippen LogP contribution in [0.2, 0.25) is 0 Å². The van der Waals surface area contributed by atoms with Crippen molar-refractivity contribution in [1.82, 2.24) is 0 Å². The van der Waals surface area contributed by atoms with E-state index in [0.29, 0.717) is 6.54 Å². The maximum absolute atomic E-state index is 12.8. The molecule has 176 valence electrons. The summed E-state index contributed by atoms with van der Waals surface area (Å²) < 4.78 is 6.89. The maximum atomic E-state index is 12.8. The molecule has 0 bridgehead atoms. The van der Waals surface area contributed by atoms with Crippen molar-refractivity contribution in [3.05, 3.63) is 35.9 Å². The van der Waals surface area contributed by atoms with E-state index in [1.54, 1.807) is 0 Å². The molecule has 1 aromatic rings. The fraction of sp³-hybridized carbons (Fsp3) is 0.741. The predicted molar refractivity (Wildman–Crippen MR) is 124 cm³/mol. The number of piperidine rings is 1. The number of ether oxygens (including phenoxy) is 1. The van der Waals surface area contributed by atoms with Gasteiger partial charge in [-0.05, 0) is 56.4 Å². The summed E-state index contributed by atoms with van der Waals surface area (Å²) in [4.78, 5) is 12.8. The van der Waals surface area contributed by atoms with Crippen LogP contribution in [0.4, 0.5) is 0 Å². The van der Waals surface area contributed by atoms with Gasteiger partial charge in [0.2, 0.25) is 0 Å². The molecule has 0 spiro atoms. The van der Waals surface area contributed by atoms with E-state index in [2.05, 4.69) is 37.4 Å². The number of benzene rings is 1. The largest absolute Gasteiger partial charge is 1.00 e. The third kappa shape index (κ3) is 10.2. The predicted octanol–water partition coefficient (Wildman–Crippen LogP) is 3.31. The third-order valence-electron chi connectivity index (χ3n) is 7.38. The molecular formula is C27H44INO2. The molecule has 2 fully saturated rings. The van der Waals surface area contributed by atoms with Crippen LogP contribution in [0.25, 0.3) is 0 Å². The van der Waals surface area contributed by atoms with Crippen molar-refractivity contribution in [2.45, 2.75) is 96.0 Å².